The van der Waals surface area contributed by atoms with Crippen LogP contribution in [0.1, 0.15) is 36.7 Å². The van der Waals surface area contributed by atoms with Gasteiger partial charge in [-0.3, -0.25) is 4.68 Å². The Balaban J connectivity index is 2.32. The summed E-state index contributed by atoms with van der Waals surface area (Å²) in [7, 11) is 1.80. The summed E-state index contributed by atoms with van der Waals surface area (Å²) in [5, 5.41) is 6.87. The Kier molecular flexibility index (Phi) is 4.67. The van der Waals surface area contributed by atoms with Gasteiger partial charge in [0.05, 0.1) is 12.1 Å². The molecule has 0 bridgehead atoms. The zero-order chi connectivity index (χ0) is 15.5. The Hall–Kier alpha value is -1.82. The number of likely N-dealkylation sites (N-methyl/N-ethyl adjacent to an activating group) is 1. The number of hydrogen-bond donors (Lipinski definition) is 1. The van der Waals surface area contributed by atoms with Crippen LogP contribution in [-0.4, -0.2) is 16.8 Å². The largest absolute Gasteiger partial charge is 0.435 e. The maximum Gasteiger partial charge on any atom is 0.435 e. The van der Waals surface area contributed by atoms with Gasteiger partial charge in [-0.25, -0.2) is 0 Å². The van der Waals surface area contributed by atoms with Gasteiger partial charge in [0.1, 0.15) is 0 Å². The number of nitrogens with one attached hydrogen (secondary N) is 1. The summed E-state index contributed by atoms with van der Waals surface area (Å²) in [5.41, 5.74) is 0.166. The second kappa shape index (κ2) is 6.30. The van der Waals surface area contributed by atoms with E-state index in [1.807, 2.05) is 37.3 Å². The van der Waals surface area contributed by atoms with Crippen LogP contribution in [0.4, 0.5) is 13.2 Å². The molecule has 0 saturated heterocycles. The highest BCUT2D eigenvalue weighted by Gasteiger charge is 2.34. The predicted molar refractivity (Wildman–Crippen MR) is 74.8 cm³/mol. The molecule has 3 nitrogen and oxygen atoms in total. The van der Waals surface area contributed by atoms with Crippen LogP contribution in [0.5, 0.6) is 0 Å². The Morgan fingerprint density at radius 2 is 1.86 bits per heavy atom. The smallest absolute Gasteiger partial charge is 0.311 e. The lowest BCUT2D eigenvalue weighted by Gasteiger charge is -2.26. The molecule has 0 radical (unpaired) electrons. The van der Waals surface area contributed by atoms with Gasteiger partial charge in [-0.2, -0.15) is 18.3 Å². The summed E-state index contributed by atoms with van der Waals surface area (Å²) >= 11 is 0. The fourth-order valence-corrected chi connectivity index (χ4v) is 2.49. The molecule has 0 aliphatic heterocycles. The van der Waals surface area contributed by atoms with Crippen molar-refractivity contribution in [3.05, 3.63) is 53.9 Å². The molecular weight excluding hydrogens is 279 g/mol. The fourth-order valence-electron chi connectivity index (χ4n) is 2.49. The number of nitrogens with zero attached hydrogens (tertiary/aromatic N) is 2. The van der Waals surface area contributed by atoms with Gasteiger partial charge in [0.15, 0.2) is 5.69 Å². The van der Waals surface area contributed by atoms with Crippen LogP contribution in [0.15, 0.2) is 42.6 Å². The minimum absolute atomic E-state index is 0.0998. The van der Waals surface area contributed by atoms with Gasteiger partial charge in [-0.15, -0.1) is 0 Å². The lowest BCUT2D eigenvalue weighted by molar-refractivity contribution is -0.141. The SMILES string of the molecule is CCC(C(NC)c1ccccc1)n1ccc(C(F)(F)F)n1. The van der Waals surface area contributed by atoms with Crippen molar-refractivity contribution in [3.8, 4) is 0 Å². The zero-order valence-electron chi connectivity index (χ0n) is 11.9. The van der Waals surface area contributed by atoms with Crippen LogP contribution >= 0.6 is 0 Å². The molecule has 0 saturated carbocycles. The summed E-state index contributed by atoms with van der Waals surface area (Å²) in [6.45, 7) is 1.94. The molecule has 1 aromatic carbocycles. The fraction of sp³-hybridized carbons (Fsp3) is 0.400. The van der Waals surface area contributed by atoms with E-state index in [-0.39, 0.29) is 12.1 Å². The molecule has 1 heterocycles. The second-order valence-corrected chi connectivity index (χ2v) is 4.83. The molecule has 114 valence electrons. The van der Waals surface area contributed by atoms with Crippen molar-refractivity contribution in [2.24, 2.45) is 0 Å². The standard InChI is InChI=1S/C15H18F3N3/c1-3-12(14(19-2)11-7-5-4-6-8-11)21-10-9-13(20-21)15(16,17)18/h4-10,12,14,19H,3H2,1-2H3. The number of halogens is 3. The topological polar surface area (TPSA) is 29.9 Å². The first-order valence-electron chi connectivity index (χ1n) is 6.82. The highest BCUT2D eigenvalue weighted by molar-refractivity contribution is 5.20. The summed E-state index contributed by atoms with van der Waals surface area (Å²) in [6, 6.07) is 10.4. The van der Waals surface area contributed by atoms with Crippen LogP contribution in [-0.2, 0) is 6.18 Å². The van der Waals surface area contributed by atoms with Gasteiger partial charge in [-0.05, 0) is 25.1 Å². The van der Waals surface area contributed by atoms with Gasteiger partial charge in [-0.1, -0.05) is 37.3 Å². The third-order valence-electron chi connectivity index (χ3n) is 3.51. The van der Waals surface area contributed by atoms with E-state index in [1.54, 1.807) is 7.05 Å². The zero-order valence-corrected chi connectivity index (χ0v) is 11.9. The van der Waals surface area contributed by atoms with Crippen LogP contribution in [0.25, 0.3) is 0 Å². The first kappa shape index (κ1) is 15.6. The van der Waals surface area contributed by atoms with E-state index >= 15 is 0 Å². The van der Waals surface area contributed by atoms with E-state index in [4.69, 9.17) is 0 Å². The maximum atomic E-state index is 12.7. The van der Waals surface area contributed by atoms with Crippen molar-refractivity contribution in [2.45, 2.75) is 31.6 Å². The lowest BCUT2D eigenvalue weighted by atomic mass is 9.98. The number of benzene rings is 1. The number of rotatable bonds is 5. The molecule has 1 aromatic heterocycles. The highest BCUT2D eigenvalue weighted by atomic mass is 19.4. The third-order valence-corrected chi connectivity index (χ3v) is 3.51. The van der Waals surface area contributed by atoms with Crippen molar-refractivity contribution < 1.29 is 13.2 Å². The van der Waals surface area contributed by atoms with E-state index in [9.17, 15) is 13.2 Å². The number of aromatic nitrogens is 2. The van der Waals surface area contributed by atoms with Crippen molar-refractivity contribution in [2.75, 3.05) is 7.05 Å². The van der Waals surface area contributed by atoms with E-state index in [2.05, 4.69) is 10.4 Å². The molecule has 0 amide bonds. The molecule has 0 spiro atoms. The molecule has 0 aliphatic carbocycles. The summed E-state index contributed by atoms with van der Waals surface area (Å²) in [4.78, 5) is 0. The minimum atomic E-state index is -4.41. The van der Waals surface area contributed by atoms with Gasteiger partial charge >= 0.3 is 6.18 Å². The van der Waals surface area contributed by atoms with Crippen molar-refractivity contribution in [1.29, 1.82) is 0 Å². The minimum Gasteiger partial charge on any atom is -0.311 e. The Morgan fingerprint density at radius 3 is 2.33 bits per heavy atom. The third kappa shape index (κ3) is 3.44. The first-order valence-corrected chi connectivity index (χ1v) is 6.82. The van der Waals surface area contributed by atoms with Crippen LogP contribution < -0.4 is 5.32 Å². The van der Waals surface area contributed by atoms with Crippen LogP contribution in [0.3, 0.4) is 0 Å². The van der Waals surface area contributed by atoms with E-state index < -0.39 is 11.9 Å². The van der Waals surface area contributed by atoms with Gasteiger partial charge in [0, 0.05) is 6.20 Å². The van der Waals surface area contributed by atoms with E-state index in [1.165, 1.54) is 10.9 Å². The Bertz CT molecular complexity index is 563. The normalized spacial score (nSPS) is 14.9. The molecule has 2 atom stereocenters. The van der Waals surface area contributed by atoms with Crippen molar-refractivity contribution in [3.63, 3.8) is 0 Å². The average Bonchev–Trinajstić information content (AvgIpc) is 2.95. The van der Waals surface area contributed by atoms with Crippen molar-refractivity contribution >= 4 is 0 Å². The number of hydrogen-bond acceptors (Lipinski definition) is 2. The molecule has 1 N–H and O–H groups in total. The van der Waals surface area contributed by atoms with Crippen LogP contribution in [0.2, 0.25) is 0 Å². The molecule has 2 rings (SSSR count). The predicted octanol–water partition coefficient (Wildman–Crippen LogP) is 3.81. The number of alkyl halides is 3. The molecule has 0 fully saturated rings. The molecular formula is C15H18F3N3. The molecule has 6 heteroatoms. The molecule has 21 heavy (non-hydrogen) atoms. The lowest BCUT2D eigenvalue weighted by Crippen LogP contribution is -2.28. The van der Waals surface area contributed by atoms with Crippen molar-refractivity contribution in [1.82, 2.24) is 15.1 Å². The maximum absolute atomic E-state index is 12.7. The summed E-state index contributed by atoms with van der Waals surface area (Å²) < 4.78 is 39.4. The molecule has 0 aliphatic rings. The Morgan fingerprint density at radius 1 is 1.19 bits per heavy atom. The van der Waals surface area contributed by atoms with Gasteiger partial charge in [0.25, 0.3) is 0 Å². The summed E-state index contributed by atoms with van der Waals surface area (Å²) in [6.07, 6.45) is -2.35. The van der Waals surface area contributed by atoms with Gasteiger partial charge in [0.2, 0.25) is 0 Å². The molecule has 2 aromatic rings. The van der Waals surface area contributed by atoms with Crippen LogP contribution in [0, 0.1) is 0 Å². The van der Waals surface area contributed by atoms with E-state index in [0.29, 0.717) is 6.42 Å². The molecule has 2 unspecified atom stereocenters. The van der Waals surface area contributed by atoms with Gasteiger partial charge < -0.3 is 5.32 Å². The average molecular weight is 297 g/mol. The second-order valence-electron chi connectivity index (χ2n) is 4.83. The quantitative estimate of drug-likeness (QED) is 0.909. The van der Waals surface area contributed by atoms with E-state index in [0.717, 1.165) is 11.6 Å². The highest BCUT2D eigenvalue weighted by Crippen LogP contribution is 2.32. The summed E-state index contributed by atoms with van der Waals surface area (Å²) in [5.74, 6) is 0. The first-order chi connectivity index (χ1) is 9.97. The Labute approximate surface area is 121 Å². The monoisotopic (exact) mass is 297 g/mol.